The molecule has 0 aliphatic rings. The molecule has 1 aromatic heterocycles. The van der Waals surface area contributed by atoms with E-state index in [1.54, 1.807) is 18.2 Å². The van der Waals surface area contributed by atoms with E-state index in [1.807, 2.05) is 37.3 Å². The third-order valence-corrected chi connectivity index (χ3v) is 4.60. The number of carbonyl (C=O) groups is 2. The number of benzene rings is 2. The summed E-state index contributed by atoms with van der Waals surface area (Å²) in [4.78, 5) is 35.0. The number of hydrogen-bond acceptors (Lipinski definition) is 5. The van der Waals surface area contributed by atoms with Gasteiger partial charge >= 0.3 is 11.6 Å². The molecule has 0 aliphatic heterocycles. The van der Waals surface area contributed by atoms with Crippen molar-refractivity contribution in [2.24, 2.45) is 0 Å². The summed E-state index contributed by atoms with van der Waals surface area (Å²) < 4.78 is 10.9. The van der Waals surface area contributed by atoms with Gasteiger partial charge in [0.05, 0.1) is 0 Å². The highest BCUT2D eigenvalue weighted by Gasteiger charge is 2.15. The summed E-state index contributed by atoms with van der Waals surface area (Å²) in [5.74, 6) is -1.35. The van der Waals surface area contributed by atoms with E-state index in [9.17, 15) is 14.4 Å². The van der Waals surface area contributed by atoms with Crippen LogP contribution in [0.25, 0.3) is 11.0 Å². The maximum atomic E-state index is 12.5. The minimum Gasteiger partial charge on any atom is -0.484 e. The number of carboxylic acids is 1. The van der Waals surface area contributed by atoms with E-state index in [0.717, 1.165) is 16.5 Å². The van der Waals surface area contributed by atoms with Gasteiger partial charge in [-0.2, -0.15) is 0 Å². The van der Waals surface area contributed by atoms with Crippen molar-refractivity contribution in [3.8, 4) is 5.75 Å². The molecular formula is C22H21NO6. The van der Waals surface area contributed by atoms with Gasteiger partial charge in [0.15, 0.2) is 6.61 Å². The van der Waals surface area contributed by atoms with E-state index in [2.05, 4.69) is 5.32 Å². The van der Waals surface area contributed by atoms with Crippen molar-refractivity contribution in [1.29, 1.82) is 0 Å². The first kappa shape index (κ1) is 20.1. The molecule has 0 saturated carbocycles. The van der Waals surface area contributed by atoms with Crippen LogP contribution in [0.5, 0.6) is 5.75 Å². The number of amides is 1. The second kappa shape index (κ2) is 8.60. The number of hydrogen-bond donors (Lipinski definition) is 2. The quantitative estimate of drug-likeness (QED) is 0.596. The fourth-order valence-corrected chi connectivity index (χ4v) is 2.96. The first-order valence-electron chi connectivity index (χ1n) is 9.10. The summed E-state index contributed by atoms with van der Waals surface area (Å²) in [5, 5.41) is 11.9. The summed E-state index contributed by atoms with van der Waals surface area (Å²) in [5.41, 5.74) is 2.40. The molecule has 1 heterocycles. The number of ether oxygens (including phenoxy) is 1. The molecule has 0 aliphatic carbocycles. The molecule has 7 heteroatoms. The standard InChI is InChI=1S/C22H21NO6/c1-13-17-9-8-16(28-12-20(24)23-14(2)21(25)26)11-19(17)29-22(27)18(13)10-15-6-4-3-5-7-15/h3-9,11,14H,10,12H2,1-2H3,(H,23,24)(H,25,26). The van der Waals surface area contributed by atoms with E-state index < -0.39 is 23.5 Å². The molecule has 1 amide bonds. The van der Waals surface area contributed by atoms with Gasteiger partial charge in [0.1, 0.15) is 17.4 Å². The van der Waals surface area contributed by atoms with Crippen LogP contribution in [0.2, 0.25) is 0 Å². The molecule has 29 heavy (non-hydrogen) atoms. The molecule has 0 bridgehead atoms. The van der Waals surface area contributed by atoms with Crippen LogP contribution in [0.3, 0.4) is 0 Å². The van der Waals surface area contributed by atoms with Crippen molar-refractivity contribution in [3.63, 3.8) is 0 Å². The summed E-state index contributed by atoms with van der Waals surface area (Å²) in [6.07, 6.45) is 0.477. The highest BCUT2D eigenvalue weighted by molar-refractivity contribution is 5.85. The van der Waals surface area contributed by atoms with E-state index in [4.69, 9.17) is 14.3 Å². The van der Waals surface area contributed by atoms with Gasteiger partial charge in [0.25, 0.3) is 5.91 Å². The average Bonchev–Trinajstić information content (AvgIpc) is 2.70. The Kier molecular flexibility index (Phi) is 5.97. The monoisotopic (exact) mass is 395 g/mol. The number of aryl methyl sites for hydroxylation is 1. The van der Waals surface area contributed by atoms with Crippen LogP contribution >= 0.6 is 0 Å². The second-order valence-corrected chi connectivity index (χ2v) is 6.73. The summed E-state index contributed by atoms with van der Waals surface area (Å²) in [6, 6.07) is 13.7. The molecule has 150 valence electrons. The Labute approximate surface area is 166 Å². The molecule has 3 rings (SSSR count). The zero-order chi connectivity index (χ0) is 21.0. The summed E-state index contributed by atoms with van der Waals surface area (Å²) in [7, 11) is 0. The Morgan fingerprint density at radius 1 is 1.17 bits per heavy atom. The topological polar surface area (TPSA) is 106 Å². The maximum Gasteiger partial charge on any atom is 0.340 e. The van der Waals surface area contributed by atoms with Crippen LogP contribution < -0.4 is 15.7 Å². The summed E-state index contributed by atoms with van der Waals surface area (Å²) >= 11 is 0. The lowest BCUT2D eigenvalue weighted by Gasteiger charge is -2.12. The molecule has 0 fully saturated rings. The largest absolute Gasteiger partial charge is 0.484 e. The molecule has 1 unspecified atom stereocenters. The lowest BCUT2D eigenvalue weighted by Crippen LogP contribution is -2.40. The fourth-order valence-electron chi connectivity index (χ4n) is 2.96. The minimum atomic E-state index is -1.13. The predicted molar refractivity (Wildman–Crippen MR) is 107 cm³/mol. The van der Waals surface area contributed by atoms with Gasteiger partial charge in [-0.05, 0) is 37.1 Å². The smallest absolute Gasteiger partial charge is 0.340 e. The summed E-state index contributed by atoms with van der Waals surface area (Å²) in [6.45, 7) is 2.89. The van der Waals surface area contributed by atoms with Gasteiger partial charge in [-0.15, -0.1) is 0 Å². The number of carbonyl (C=O) groups excluding carboxylic acids is 1. The van der Waals surface area contributed by atoms with Crippen LogP contribution in [0.4, 0.5) is 0 Å². The molecule has 0 radical (unpaired) electrons. The van der Waals surface area contributed by atoms with Gasteiger partial charge in [0, 0.05) is 23.4 Å². The highest BCUT2D eigenvalue weighted by Crippen LogP contribution is 2.25. The van der Waals surface area contributed by atoms with Crippen LogP contribution in [-0.2, 0) is 16.0 Å². The first-order valence-corrected chi connectivity index (χ1v) is 9.10. The first-order chi connectivity index (χ1) is 13.8. The Balaban J connectivity index is 1.78. The number of fused-ring (bicyclic) bond motifs is 1. The van der Waals surface area contributed by atoms with Crippen molar-refractivity contribution in [1.82, 2.24) is 5.32 Å². The second-order valence-electron chi connectivity index (χ2n) is 6.73. The molecule has 2 aromatic carbocycles. The van der Waals surface area contributed by atoms with Gasteiger partial charge in [0.2, 0.25) is 0 Å². The predicted octanol–water partition coefficient (Wildman–Crippen LogP) is 2.66. The molecule has 1 atom stereocenters. The van der Waals surface area contributed by atoms with Gasteiger partial charge in [-0.1, -0.05) is 30.3 Å². The molecular weight excluding hydrogens is 374 g/mol. The molecule has 7 nitrogen and oxygen atoms in total. The van der Waals surface area contributed by atoms with E-state index in [-0.39, 0.29) is 6.61 Å². The lowest BCUT2D eigenvalue weighted by atomic mass is 10.00. The van der Waals surface area contributed by atoms with E-state index in [0.29, 0.717) is 23.3 Å². The van der Waals surface area contributed by atoms with Gasteiger partial charge < -0.3 is 19.6 Å². The van der Waals surface area contributed by atoms with Crippen molar-refractivity contribution >= 4 is 22.8 Å². The van der Waals surface area contributed by atoms with Crippen LogP contribution in [0.15, 0.2) is 57.7 Å². The Morgan fingerprint density at radius 2 is 1.90 bits per heavy atom. The third kappa shape index (κ3) is 4.82. The van der Waals surface area contributed by atoms with Crippen LogP contribution in [-0.4, -0.2) is 29.6 Å². The van der Waals surface area contributed by atoms with Crippen LogP contribution in [0.1, 0.15) is 23.6 Å². The Bertz CT molecular complexity index is 1100. The fraction of sp³-hybridized carbons (Fsp3) is 0.227. The lowest BCUT2D eigenvalue weighted by molar-refractivity contribution is -0.141. The van der Waals surface area contributed by atoms with Crippen molar-refractivity contribution in [2.75, 3.05) is 6.61 Å². The molecule has 3 aromatic rings. The normalized spacial score (nSPS) is 11.8. The molecule has 0 saturated heterocycles. The van der Waals surface area contributed by atoms with E-state index >= 15 is 0 Å². The van der Waals surface area contributed by atoms with Crippen molar-refractivity contribution in [2.45, 2.75) is 26.3 Å². The zero-order valence-corrected chi connectivity index (χ0v) is 16.1. The number of nitrogens with one attached hydrogen (secondary N) is 1. The Hall–Kier alpha value is -3.61. The van der Waals surface area contributed by atoms with Crippen LogP contribution in [0, 0.1) is 6.92 Å². The zero-order valence-electron chi connectivity index (χ0n) is 16.1. The van der Waals surface area contributed by atoms with Gasteiger partial charge in [-0.25, -0.2) is 4.79 Å². The van der Waals surface area contributed by atoms with E-state index in [1.165, 1.54) is 6.92 Å². The molecule has 0 spiro atoms. The third-order valence-electron chi connectivity index (χ3n) is 4.60. The SMILES string of the molecule is Cc1c(Cc2ccccc2)c(=O)oc2cc(OCC(=O)NC(C)C(=O)O)ccc12. The molecule has 2 N–H and O–H groups in total. The number of carboxylic acid groups (broad SMARTS) is 1. The number of aliphatic carboxylic acids is 1. The maximum absolute atomic E-state index is 12.5. The highest BCUT2D eigenvalue weighted by atomic mass is 16.5. The minimum absolute atomic E-state index is 0.342. The average molecular weight is 395 g/mol. The van der Waals surface area contributed by atoms with Gasteiger partial charge in [-0.3, -0.25) is 9.59 Å². The van der Waals surface area contributed by atoms with Crippen molar-refractivity contribution < 1.29 is 23.8 Å². The van der Waals surface area contributed by atoms with Crippen molar-refractivity contribution in [3.05, 3.63) is 75.6 Å². The Morgan fingerprint density at radius 3 is 2.59 bits per heavy atom. The number of rotatable bonds is 7.